The van der Waals surface area contributed by atoms with Gasteiger partial charge in [0.1, 0.15) is 29.5 Å². The molecule has 10 nitrogen and oxygen atoms in total. The van der Waals surface area contributed by atoms with E-state index in [-0.39, 0.29) is 18.8 Å². The van der Waals surface area contributed by atoms with Crippen molar-refractivity contribution >= 4 is 16.9 Å². The number of aromatic nitrogens is 3. The lowest BCUT2D eigenvalue weighted by Crippen LogP contribution is -2.43. The quantitative estimate of drug-likeness (QED) is 0.363. The molecule has 3 rings (SSSR count). The molecular weight excluding hydrogens is 392 g/mol. The van der Waals surface area contributed by atoms with E-state index >= 15 is 0 Å². The van der Waals surface area contributed by atoms with Crippen molar-refractivity contribution in [1.82, 2.24) is 14.5 Å². The van der Waals surface area contributed by atoms with Gasteiger partial charge < -0.3 is 39.8 Å². The number of anilines is 1. The monoisotopic (exact) mass is 420 g/mol. The Morgan fingerprint density at radius 2 is 2.03 bits per heavy atom. The Kier molecular flexibility index (Phi) is 6.92. The Hall–Kier alpha value is -2.26. The first kappa shape index (κ1) is 22.4. The summed E-state index contributed by atoms with van der Waals surface area (Å²) in [7, 11) is 0. The van der Waals surface area contributed by atoms with Gasteiger partial charge in [-0.2, -0.15) is 0 Å². The van der Waals surface area contributed by atoms with Gasteiger partial charge in [-0.25, -0.2) is 9.97 Å². The Bertz CT molecular complexity index is 929. The van der Waals surface area contributed by atoms with Gasteiger partial charge >= 0.3 is 0 Å². The van der Waals surface area contributed by atoms with Gasteiger partial charge in [-0.05, 0) is 33.1 Å². The van der Waals surface area contributed by atoms with Crippen molar-refractivity contribution in [3.63, 3.8) is 0 Å². The van der Waals surface area contributed by atoms with Crippen LogP contribution >= 0.6 is 0 Å². The molecule has 1 aliphatic heterocycles. The van der Waals surface area contributed by atoms with E-state index in [1.54, 1.807) is 10.8 Å². The standard InChI is InChI=1S/C20H28N4O6/c1-4-28-14(29-5-2)7-6-12-10-24(18-15(12)17(21)22-11-23-18)19-20(3,27)16(26)13(30-19)8-9-25/h10-11,13-14,16,19,25-27H,4-5,8-9H2,1-3H3,(H2,21,22,23)/t13?,16?,19?,20-/m1/s1. The third-order valence-electron chi connectivity index (χ3n) is 5.02. The van der Waals surface area contributed by atoms with Crippen LogP contribution in [0, 0.1) is 11.8 Å². The maximum absolute atomic E-state index is 10.9. The van der Waals surface area contributed by atoms with Gasteiger partial charge in [0.25, 0.3) is 0 Å². The summed E-state index contributed by atoms with van der Waals surface area (Å²) in [5, 5.41) is 31.2. The molecule has 4 atom stereocenters. The normalized spacial score (nSPS) is 26.3. The van der Waals surface area contributed by atoms with Crippen molar-refractivity contribution in [3.05, 3.63) is 18.1 Å². The fourth-order valence-electron chi connectivity index (χ4n) is 3.55. The molecular formula is C20H28N4O6. The molecule has 164 valence electrons. The van der Waals surface area contributed by atoms with E-state index in [1.807, 2.05) is 13.8 Å². The summed E-state index contributed by atoms with van der Waals surface area (Å²) in [5.41, 5.74) is 5.36. The summed E-state index contributed by atoms with van der Waals surface area (Å²) in [4.78, 5) is 8.33. The van der Waals surface area contributed by atoms with E-state index < -0.39 is 30.3 Å². The van der Waals surface area contributed by atoms with E-state index in [0.29, 0.717) is 29.8 Å². The van der Waals surface area contributed by atoms with Gasteiger partial charge in [-0.15, -0.1) is 0 Å². The maximum atomic E-state index is 10.9. The van der Waals surface area contributed by atoms with Crippen LogP contribution in [0.25, 0.3) is 11.0 Å². The van der Waals surface area contributed by atoms with Crippen molar-refractivity contribution in [2.24, 2.45) is 0 Å². The van der Waals surface area contributed by atoms with Crippen LogP contribution in [0.5, 0.6) is 0 Å². The highest BCUT2D eigenvalue weighted by Gasteiger charge is 2.53. The van der Waals surface area contributed by atoms with E-state index in [0.717, 1.165) is 0 Å². The number of nitrogens with two attached hydrogens (primary N) is 1. The summed E-state index contributed by atoms with van der Waals surface area (Å²) in [5.74, 6) is 6.13. The van der Waals surface area contributed by atoms with Gasteiger partial charge in [-0.1, -0.05) is 5.92 Å². The van der Waals surface area contributed by atoms with Gasteiger partial charge in [0.15, 0.2) is 6.23 Å². The lowest BCUT2D eigenvalue weighted by Gasteiger charge is -2.27. The molecule has 5 N–H and O–H groups in total. The lowest BCUT2D eigenvalue weighted by atomic mass is 9.95. The molecule has 0 spiro atoms. The first-order valence-corrected chi connectivity index (χ1v) is 9.87. The van der Waals surface area contributed by atoms with Gasteiger partial charge in [0.05, 0.1) is 17.1 Å². The zero-order valence-electron chi connectivity index (χ0n) is 17.3. The van der Waals surface area contributed by atoms with Gasteiger partial charge in [0, 0.05) is 26.0 Å². The second kappa shape index (κ2) is 9.26. The molecule has 1 fully saturated rings. The summed E-state index contributed by atoms with van der Waals surface area (Å²) in [6, 6.07) is 0. The number of rotatable bonds is 7. The van der Waals surface area contributed by atoms with Crippen molar-refractivity contribution in [1.29, 1.82) is 0 Å². The number of nitrogens with zero attached hydrogens (tertiary/aromatic N) is 3. The highest BCUT2D eigenvalue weighted by atomic mass is 16.7. The van der Waals surface area contributed by atoms with Crippen LogP contribution in [0.3, 0.4) is 0 Å². The average molecular weight is 420 g/mol. The van der Waals surface area contributed by atoms with E-state index in [4.69, 9.17) is 19.9 Å². The van der Waals surface area contributed by atoms with Gasteiger partial charge in [0.2, 0.25) is 6.29 Å². The zero-order chi connectivity index (χ0) is 21.9. The SMILES string of the molecule is CCOC(C#Cc1cn(C2OC(CCO)C(O)[C@@]2(C)O)c2ncnc(N)c12)OCC. The molecule has 30 heavy (non-hydrogen) atoms. The van der Waals surface area contributed by atoms with Crippen LogP contribution in [0.2, 0.25) is 0 Å². The second-order valence-corrected chi connectivity index (χ2v) is 7.13. The molecule has 0 radical (unpaired) electrons. The van der Waals surface area contributed by atoms with E-state index in [9.17, 15) is 15.3 Å². The third kappa shape index (κ3) is 4.13. The highest BCUT2D eigenvalue weighted by Crippen LogP contribution is 2.41. The van der Waals surface area contributed by atoms with Crippen molar-refractivity contribution in [2.45, 2.75) is 57.5 Å². The number of nitrogen functional groups attached to an aromatic ring is 1. The van der Waals surface area contributed by atoms with Crippen LogP contribution in [-0.2, 0) is 14.2 Å². The average Bonchev–Trinajstić information content (AvgIpc) is 3.18. The summed E-state index contributed by atoms with van der Waals surface area (Å²) in [6.07, 6.45) is -0.467. The molecule has 0 saturated carbocycles. The number of ether oxygens (including phenoxy) is 3. The molecule has 10 heteroatoms. The number of hydrogen-bond donors (Lipinski definition) is 4. The minimum atomic E-state index is -1.63. The summed E-state index contributed by atoms with van der Waals surface area (Å²) >= 11 is 0. The minimum absolute atomic E-state index is 0.182. The smallest absolute Gasteiger partial charge is 0.222 e. The predicted molar refractivity (Wildman–Crippen MR) is 108 cm³/mol. The second-order valence-electron chi connectivity index (χ2n) is 7.13. The number of aliphatic hydroxyl groups is 3. The Morgan fingerprint density at radius 1 is 1.33 bits per heavy atom. The molecule has 0 bridgehead atoms. The summed E-state index contributed by atoms with van der Waals surface area (Å²) < 4.78 is 18.4. The lowest BCUT2D eigenvalue weighted by molar-refractivity contribution is -0.0970. The molecule has 3 heterocycles. The fourth-order valence-corrected chi connectivity index (χ4v) is 3.55. The van der Waals surface area contributed by atoms with Crippen LogP contribution < -0.4 is 5.73 Å². The molecule has 0 amide bonds. The predicted octanol–water partition coefficient (Wildman–Crippen LogP) is 0.156. The Labute approximate surface area is 174 Å². The Balaban J connectivity index is 2.07. The molecule has 1 saturated heterocycles. The van der Waals surface area contributed by atoms with Crippen LogP contribution in [-0.4, -0.2) is 73.8 Å². The molecule has 1 aliphatic rings. The molecule has 0 aliphatic carbocycles. The van der Waals surface area contributed by atoms with Crippen molar-refractivity contribution in [3.8, 4) is 11.8 Å². The zero-order valence-corrected chi connectivity index (χ0v) is 17.3. The Morgan fingerprint density at radius 3 is 2.67 bits per heavy atom. The van der Waals surface area contributed by atoms with Crippen molar-refractivity contribution < 1.29 is 29.5 Å². The van der Waals surface area contributed by atoms with Crippen LogP contribution in [0.1, 0.15) is 39.0 Å². The molecule has 2 aromatic heterocycles. The van der Waals surface area contributed by atoms with E-state index in [2.05, 4.69) is 21.8 Å². The molecule has 3 unspecified atom stereocenters. The number of fused-ring (bicyclic) bond motifs is 1. The number of hydrogen-bond acceptors (Lipinski definition) is 9. The largest absolute Gasteiger partial charge is 0.396 e. The van der Waals surface area contributed by atoms with Gasteiger partial charge in [-0.3, -0.25) is 0 Å². The minimum Gasteiger partial charge on any atom is -0.396 e. The van der Waals surface area contributed by atoms with E-state index in [1.165, 1.54) is 13.3 Å². The fraction of sp³-hybridized carbons (Fsp3) is 0.600. The van der Waals surface area contributed by atoms with Crippen LogP contribution in [0.4, 0.5) is 5.82 Å². The third-order valence-corrected chi connectivity index (χ3v) is 5.02. The first-order valence-electron chi connectivity index (χ1n) is 9.87. The topological polar surface area (TPSA) is 145 Å². The van der Waals surface area contributed by atoms with Crippen molar-refractivity contribution in [2.75, 3.05) is 25.6 Å². The summed E-state index contributed by atoms with van der Waals surface area (Å²) in [6.45, 7) is 5.86. The maximum Gasteiger partial charge on any atom is 0.222 e. The highest BCUT2D eigenvalue weighted by molar-refractivity contribution is 5.92. The first-order chi connectivity index (χ1) is 14.3. The number of aliphatic hydroxyl groups excluding tert-OH is 2. The molecule has 0 aromatic carbocycles. The molecule has 2 aromatic rings. The van der Waals surface area contributed by atoms with Crippen LogP contribution in [0.15, 0.2) is 12.5 Å².